The lowest BCUT2D eigenvalue weighted by Gasteiger charge is -2.28. The SMILES string of the molecule is CC1CCCC(Cn2c(C3CC3)nc3c2CCNC3)C1. The summed E-state index contributed by atoms with van der Waals surface area (Å²) in [5.74, 6) is 4.03. The van der Waals surface area contributed by atoms with Crippen LogP contribution in [0.4, 0.5) is 0 Å². The number of nitrogens with zero attached hydrogens (tertiary/aromatic N) is 2. The third-order valence-electron chi connectivity index (χ3n) is 5.44. The first kappa shape index (κ1) is 12.9. The average Bonchev–Trinajstić information content (AvgIpc) is 3.23. The molecule has 1 aromatic rings. The number of aromatic nitrogens is 2. The van der Waals surface area contributed by atoms with Crippen molar-refractivity contribution in [1.82, 2.24) is 14.9 Å². The van der Waals surface area contributed by atoms with Crippen LogP contribution in [0.3, 0.4) is 0 Å². The molecule has 3 aliphatic rings. The molecule has 3 heteroatoms. The number of hydrogen-bond donors (Lipinski definition) is 1. The summed E-state index contributed by atoms with van der Waals surface area (Å²) in [6.07, 6.45) is 9.64. The first-order valence-corrected chi connectivity index (χ1v) is 8.60. The molecule has 0 bridgehead atoms. The van der Waals surface area contributed by atoms with Gasteiger partial charge in [0.25, 0.3) is 0 Å². The Balaban J connectivity index is 1.60. The van der Waals surface area contributed by atoms with Crippen molar-refractivity contribution in [3.63, 3.8) is 0 Å². The van der Waals surface area contributed by atoms with E-state index in [1.54, 1.807) is 5.69 Å². The smallest absolute Gasteiger partial charge is 0.112 e. The van der Waals surface area contributed by atoms with Gasteiger partial charge in [0.05, 0.1) is 5.69 Å². The lowest BCUT2D eigenvalue weighted by atomic mass is 9.82. The van der Waals surface area contributed by atoms with Crippen LogP contribution >= 0.6 is 0 Å². The van der Waals surface area contributed by atoms with Crippen LogP contribution in [0, 0.1) is 11.8 Å². The van der Waals surface area contributed by atoms with Gasteiger partial charge in [0, 0.05) is 37.7 Å². The number of hydrogen-bond acceptors (Lipinski definition) is 2. The van der Waals surface area contributed by atoms with Gasteiger partial charge >= 0.3 is 0 Å². The second-order valence-corrected chi connectivity index (χ2v) is 7.31. The van der Waals surface area contributed by atoms with Crippen LogP contribution < -0.4 is 5.32 Å². The zero-order valence-corrected chi connectivity index (χ0v) is 12.7. The maximum Gasteiger partial charge on any atom is 0.112 e. The molecular weight excluding hydrogens is 246 g/mol. The molecule has 1 N–H and O–H groups in total. The molecule has 2 heterocycles. The predicted octanol–water partition coefficient (Wildman–Crippen LogP) is 3.23. The summed E-state index contributed by atoms with van der Waals surface area (Å²) in [7, 11) is 0. The largest absolute Gasteiger partial charge is 0.331 e. The lowest BCUT2D eigenvalue weighted by molar-refractivity contribution is 0.253. The summed E-state index contributed by atoms with van der Waals surface area (Å²) in [5, 5.41) is 3.48. The molecule has 2 atom stereocenters. The Kier molecular flexibility index (Phi) is 3.33. The molecular formula is C17H27N3. The van der Waals surface area contributed by atoms with Gasteiger partial charge in [-0.1, -0.05) is 19.8 Å². The van der Waals surface area contributed by atoms with E-state index in [1.807, 2.05) is 0 Å². The van der Waals surface area contributed by atoms with Crippen molar-refractivity contribution >= 4 is 0 Å². The van der Waals surface area contributed by atoms with Crippen LogP contribution in [0.25, 0.3) is 0 Å². The fourth-order valence-electron chi connectivity index (χ4n) is 4.23. The Bertz CT molecular complexity index is 487. The van der Waals surface area contributed by atoms with Gasteiger partial charge in [-0.15, -0.1) is 0 Å². The molecule has 0 aromatic carbocycles. The molecule has 1 aromatic heterocycles. The average molecular weight is 273 g/mol. The van der Waals surface area contributed by atoms with Gasteiger partial charge < -0.3 is 9.88 Å². The Morgan fingerprint density at radius 3 is 2.95 bits per heavy atom. The fourth-order valence-corrected chi connectivity index (χ4v) is 4.23. The van der Waals surface area contributed by atoms with Crippen molar-refractivity contribution in [2.45, 2.75) is 70.9 Å². The maximum absolute atomic E-state index is 5.00. The number of rotatable bonds is 3. The number of nitrogens with one attached hydrogen (secondary N) is 1. The van der Waals surface area contributed by atoms with E-state index in [4.69, 9.17) is 4.98 Å². The Labute approximate surface area is 122 Å². The number of fused-ring (bicyclic) bond motifs is 1. The van der Waals surface area contributed by atoms with Crippen LogP contribution in [0.2, 0.25) is 0 Å². The summed E-state index contributed by atoms with van der Waals surface area (Å²) in [6.45, 7) is 5.80. The molecule has 0 spiro atoms. The molecule has 2 saturated carbocycles. The monoisotopic (exact) mass is 273 g/mol. The fraction of sp³-hybridized carbons (Fsp3) is 0.824. The van der Waals surface area contributed by atoms with E-state index in [1.165, 1.54) is 63.0 Å². The molecule has 0 amide bonds. The Hall–Kier alpha value is -0.830. The molecule has 2 unspecified atom stereocenters. The molecule has 0 radical (unpaired) electrons. The van der Waals surface area contributed by atoms with E-state index >= 15 is 0 Å². The standard InChI is InChI=1S/C17H27N3/c1-12-3-2-4-13(9-12)11-20-16-7-8-18-10-15(16)19-17(20)14-5-6-14/h12-14,18H,2-11H2,1H3. The highest BCUT2D eigenvalue weighted by Crippen LogP contribution is 2.41. The Morgan fingerprint density at radius 1 is 1.25 bits per heavy atom. The van der Waals surface area contributed by atoms with Crippen molar-refractivity contribution in [3.8, 4) is 0 Å². The van der Waals surface area contributed by atoms with Crippen LogP contribution in [0.5, 0.6) is 0 Å². The zero-order chi connectivity index (χ0) is 13.5. The molecule has 4 rings (SSSR count). The van der Waals surface area contributed by atoms with Gasteiger partial charge in [-0.05, 0) is 37.5 Å². The zero-order valence-electron chi connectivity index (χ0n) is 12.7. The van der Waals surface area contributed by atoms with E-state index in [0.29, 0.717) is 0 Å². The predicted molar refractivity (Wildman–Crippen MR) is 80.7 cm³/mol. The van der Waals surface area contributed by atoms with Crippen molar-refractivity contribution in [3.05, 3.63) is 17.2 Å². The van der Waals surface area contributed by atoms with Gasteiger partial charge in [-0.25, -0.2) is 4.98 Å². The first-order chi connectivity index (χ1) is 9.81. The van der Waals surface area contributed by atoms with E-state index in [0.717, 1.165) is 30.8 Å². The third-order valence-corrected chi connectivity index (χ3v) is 5.44. The second-order valence-electron chi connectivity index (χ2n) is 7.31. The van der Waals surface area contributed by atoms with Crippen molar-refractivity contribution in [2.75, 3.05) is 6.54 Å². The minimum absolute atomic E-state index is 0.779. The molecule has 1 aliphatic heterocycles. The van der Waals surface area contributed by atoms with Crippen LogP contribution in [0.1, 0.15) is 68.6 Å². The van der Waals surface area contributed by atoms with E-state index in [-0.39, 0.29) is 0 Å². The van der Waals surface area contributed by atoms with E-state index < -0.39 is 0 Å². The normalized spacial score (nSPS) is 30.2. The summed E-state index contributed by atoms with van der Waals surface area (Å²) in [5.41, 5.74) is 2.91. The van der Waals surface area contributed by atoms with Crippen LogP contribution in [0.15, 0.2) is 0 Å². The quantitative estimate of drug-likeness (QED) is 0.916. The number of imidazole rings is 1. The summed E-state index contributed by atoms with van der Waals surface area (Å²) < 4.78 is 2.65. The van der Waals surface area contributed by atoms with Crippen molar-refractivity contribution in [1.29, 1.82) is 0 Å². The van der Waals surface area contributed by atoms with Crippen LogP contribution in [-0.2, 0) is 19.5 Å². The molecule has 2 aliphatic carbocycles. The summed E-state index contributed by atoms with van der Waals surface area (Å²) in [4.78, 5) is 5.00. The Morgan fingerprint density at radius 2 is 2.15 bits per heavy atom. The lowest BCUT2D eigenvalue weighted by Crippen LogP contribution is -2.26. The maximum atomic E-state index is 5.00. The summed E-state index contributed by atoms with van der Waals surface area (Å²) >= 11 is 0. The van der Waals surface area contributed by atoms with E-state index in [2.05, 4.69) is 16.8 Å². The second kappa shape index (κ2) is 5.18. The van der Waals surface area contributed by atoms with Crippen LogP contribution in [-0.4, -0.2) is 16.1 Å². The molecule has 110 valence electrons. The third kappa shape index (κ3) is 2.41. The summed E-state index contributed by atoms with van der Waals surface area (Å²) in [6, 6.07) is 0. The van der Waals surface area contributed by atoms with Crippen molar-refractivity contribution < 1.29 is 0 Å². The van der Waals surface area contributed by atoms with E-state index in [9.17, 15) is 0 Å². The molecule has 3 nitrogen and oxygen atoms in total. The van der Waals surface area contributed by atoms with Crippen molar-refractivity contribution in [2.24, 2.45) is 11.8 Å². The molecule has 2 fully saturated rings. The van der Waals surface area contributed by atoms with Gasteiger partial charge in [-0.2, -0.15) is 0 Å². The molecule has 0 saturated heterocycles. The first-order valence-electron chi connectivity index (χ1n) is 8.60. The van der Waals surface area contributed by atoms with Gasteiger partial charge in [0.1, 0.15) is 5.82 Å². The van der Waals surface area contributed by atoms with Gasteiger partial charge in [0.15, 0.2) is 0 Å². The highest BCUT2D eigenvalue weighted by atomic mass is 15.1. The van der Waals surface area contributed by atoms with Gasteiger partial charge in [0.2, 0.25) is 0 Å². The minimum atomic E-state index is 0.779. The molecule has 20 heavy (non-hydrogen) atoms. The topological polar surface area (TPSA) is 29.9 Å². The highest BCUT2D eigenvalue weighted by molar-refractivity contribution is 5.24. The highest BCUT2D eigenvalue weighted by Gasteiger charge is 2.32. The minimum Gasteiger partial charge on any atom is -0.331 e. The van der Waals surface area contributed by atoms with Gasteiger partial charge in [-0.3, -0.25) is 0 Å².